The maximum Gasteiger partial charge on any atom is 0.265 e. The Hall–Kier alpha value is -3.25. The second-order valence-electron chi connectivity index (χ2n) is 8.18. The molecule has 6 heteroatoms. The van der Waals surface area contributed by atoms with Crippen molar-refractivity contribution in [1.29, 1.82) is 0 Å². The molecule has 0 spiro atoms. The minimum atomic E-state index is -0.257. The first-order chi connectivity index (χ1) is 14.8. The Morgan fingerprint density at radius 1 is 1.13 bits per heavy atom. The van der Waals surface area contributed by atoms with E-state index in [1.807, 2.05) is 23.6 Å². The van der Waals surface area contributed by atoms with Crippen LogP contribution in [0.25, 0.3) is 0 Å². The minimum absolute atomic E-state index is 0.0126. The summed E-state index contributed by atoms with van der Waals surface area (Å²) in [6, 6.07) is 16.6. The van der Waals surface area contributed by atoms with Gasteiger partial charge in [-0.3, -0.25) is 14.6 Å². The summed E-state index contributed by atoms with van der Waals surface area (Å²) < 4.78 is 5.37. The van der Waals surface area contributed by atoms with Crippen LogP contribution in [-0.4, -0.2) is 30.1 Å². The predicted molar refractivity (Wildman–Crippen MR) is 125 cm³/mol. The smallest absolute Gasteiger partial charge is 0.265 e. The average molecular weight is 433 g/mol. The summed E-state index contributed by atoms with van der Waals surface area (Å²) in [6.07, 6.45) is 1.03. The third kappa shape index (κ3) is 4.75. The van der Waals surface area contributed by atoms with Gasteiger partial charge in [-0.05, 0) is 73.7 Å². The monoisotopic (exact) mass is 432 g/mol. The fourth-order valence-electron chi connectivity index (χ4n) is 3.77. The quantitative estimate of drug-likeness (QED) is 0.530. The van der Waals surface area contributed by atoms with Crippen LogP contribution in [0.3, 0.4) is 0 Å². The molecule has 1 N–H and O–H groups in total. The second-order valence-corrected chi connectivity index (χ2v) is 9.13. The van der Waals surface area contributed by atoms with Gasteiger partial charge in [-0.2, -0.15) is 0 Å². The van der Waals surface area contributed by atoms with Crippen molar-refractivity contribution in [1.82, 2.24) is 0 Å². The largest absolute Gasteiger partial charge is 0.497 e. The van der Waals surface area contributed by atoms with Crippen molar-refractivity contribution in [2.75, 3.05) is 12.4 Å². The van der Waals surface area contributed by atoms with E-state index in [0.29, 0.717) is 16.1 Å². The maximum atomic E-state index is 13.0. The zero-order chi connectivity index (χ0) is 22.0. The van der Waals surface area contributed by atoms with Crippen molar-refractivity contribution >= 4 is 34.4 Å². The molecule has 1 amide bonds. The van der Waals surface area contributed by atoms with Crippen molar-refractivity contribution < 1.29 is 14.3 Å². The van der Waals surface area contributed by atoms with Gasteiger partial charge in [-0.15, -0.1) is 11.3 Å². The summed E-state index contributed by atoms with van der Waals surface area (Å²) in [5, 5.41) is 4.71. The van der Waals surface area contributed by atoms with Gasteiger partial charge >= 0.3 is 0 Å². The summed E-state index contributed by atoms with van der Waals surface area (Å²) in [6.45, 7) is 4.16. The van der Waals surface area contributed by atoms with Gasteiger partial charge in [-0.25, -0.2) is 0 Å². The third-order valence-corrected chi connectivity index (χ3v) is 6.09. The Morgan fingerprint density at radius 3 is 2.58 bits per heavy atom. The number of hydrogen-bond donors (Lipinski definition) is 1. The van der Waals surface area contributed by atoms with E-state index in [9.17, 15) is 9.59 Å². The molecule has 158 valence electrons. The van der Waals surface area contributed by atoms with Crippen LogP contribution in [0.2, 0.25) is 0 Å². The van der Waals surface area contributed by atoms with Crippen LogP contribution in [0.4, 0.5) is 5.69 Å². The Bertz CT molecular complexity index is 1150. The molecule has 0 saturated carbocycles. The molecule has 1 aliphatic heterocycles. The minimum Gasteiger partial charge on any atom is -0.497 e. The Morgan fingerprint density at radius 2 is 1.90 bits per heavy atom. The van der Waals surface area contributed by atoms with Crippen molar-refractivity contribution in [3.63, 3.8) is 0 Å². The number of aliphatic imine (C=N–C) groups is 1. The molecule has 2 heterocycles. The SMILES string of the molecule is COc1ccc2c(c1)C(CC(=O)c1ccc(NC(=O)c3cccs3)cc1)=NC(C)(C)C2. The number of nitrogens with one attached hydrogen (secondary N) is 1. The molecular weight excluding hydrogens is 408 g/mol. The molecular formula is C25H24N2O3S. The van der Waals surface area contributed by atoms with Crippen LogP contribution in [0.1, 0.15) is 51.4 Å². The fraction of sp³-hybridized carbons (Fsp3) is 0.240. The number of amides is 1. The predicted octanol–water partition coefficient (Wildman–Crippen LogP) is 5.41. The Kier molecular flexibility index (Phi) is 5.74. The molecule has 1 aliphatic rings. The van der Waals surface area contributed by atoms with Gasteiger partial charge in [-0.1, -0.05) is 12.1 Å². The first-order valence-corrected chi connectivity index (χ1v) is 11.0. The van der Waals surface area contributed by atoms with Crippen LogP contribution in [0, 0.1) is 0 Å². The molecule has 4 rings (SSSR count). The van der Waals surface area contributed by atoms with Crippen LogP contribution >= 0.6 is 11.3 Å². The van der Waals surface area contributed by atoms with Crippen molar-refractivity contribution in [3.05, 3.63) is 81.5 Å². The number of rotatable bonds is 6. The van der Waals surface area contributed by atoms with Gasteiger partial charge < -0.3 is 10.1 Å². The highest BCUT2D eigenvalue weighted by Crippen LogP contribution is 2.31. The van der Waals surface area contributed by atoms with E-state index < -0.39 is 0 Å². The van der Waals surface area contributed by atoms with Crippen LogP contribution in [0.15, 0.2) is 65.0 Å². The maximum absolute atomic E-state index is 13.0. The van der Waals surface area contributed by atoms with Gasteiger partial charge in [0, 0.05) is 16.8 Å². The number of hydrogen-bond acceptors (Lipinski definition) is 5. The molecule has 0 aliphatic carbocycles. The van der Waals surface area contributed by atoms with Crippen LogP contribution in [0.5, 0.6) is 5.75 Å². The molecule has 2 aromatic carbocycles. The van der Waals surface area contributed by atoms with E-state index in [1.54, 1.807) is 37.4 Å². The van der Waals surface area contributed by atoms with E-state index in [1.165, 1.54) is 16.9 Å². The Balaban J connectivity index is 1.51. The number of ether oxygens (including phenoxy) is 1. The number of Topliss-reactive ketones (excluding diaryl/α,β-unsaturated/α-hetero) is 1. The van der Waals surface area contributed by atoms with E-state index in [2.05, 4.69) is 25.2 Å². The standard InChI is InChI=1S/C25H24N2O3S/c1-25(2)15-17-8-11-19(30-3)13-20(17)21(27-25)14-22(28)16-6-9-18(10-7-16)26-24(29)23-5-4-12-31-23/h4-13H,14-15H2,1-3H3,(H,26,29). The molecule has 0 unspecified atom stereocenters. The molecule has 0 fully saturated rings. The normalized spacial score (nSPS) is 14.4. The van der Waals surface area contributed by atoms with Gasteiger partial charge in [0.15, 0.2) is 5.78 Å². The molecule has 1 aromatic heterocycles. The second kappa shape index (κ2) is 8.47. The number of benzene rings is 2. The number of fused-ring (bicyclic) bond motifs is 1. The summed E-state index contributed by atoms with van der Waals surface area (Å²) in [7, 11) is 1.63. The number of carbonyl (C=O) groups excluding carboxylic acids is 2. The average Bonchev–Trinajstić information content (AvgIpc) is 3.28. The molecule has 0 atom stereocenters. The molecule has 5 nitrogen and oxygen atoms in total. The van der Waals surface area contributed by atoms with Crippen molar-refractivity contribution in [2.24, 2.45) is 4.99 Å². The first-order valence-electron chi connectivity index (χ1n) is 10.1. The lowest BCUT2D eigenvalue weighted by atomic mass is 9.85. The summed E-state index contributed by atoms with van der Waals surface area (Å²) in [5.74, 6) is 0.587. The molecule has 0 saturated heterocycles. The third-order valence-electron chi connectivity index (χ3n) is 5.23. The summed E-state index contributed by atoms with van der Waals surface area (Å²) >= 11 is 1.39. The topological polar surface area (TPSA) is 67.8 Å². The van der Waals surface area contributed by atoms with Gasteiger partial charge in [0.05, 0.1) is 29.7 Å². The van der Waals surface area contributed by atoms with E-state index in [0.717, 1.165) is 23.4 Å². The summed E-state index contributed by atoms with van der Waals surface area (Å²) in [4.78, 5) is 30.7. The summed E-state index contributed by atoms with van der Waals surface area (Å²) in [5.41, 5.74) is 3.92. The lowest BCUT2D eigenvalue weighted by Crippen LogP contribution is -2.30. The van der Waals surface area contributed by atoms with E-state index in [4.69, 9.17) is 9.73 Å². The number of anilines is 1. The van der Waals surface area contributed by atoms with Crippen LogP contribution < -0.4 is 10.1 Å². The molecule has 0 bridgehead atoms. The van der Waals surface area contributed by atoms with Gasteiger partial charge in [0.25, 0.3) is 5.91 Å². The molecule has 3 aromatic rings. The fourth-order valence-corrected chi connectivity index (χ4v) is 4.38. The van der Waals surface area contributed by atoms with Gasteiger partial charge in [0.1, 0.15) is 5.75 Å². The highest BCUT2D eigenvalue weighted by Gasteiger charge is 2.28. The zero-order valence-corrected chi connectivity index (χ0v) is 18.6. The van der Waals surface area contributed by atoms with E-state index >= 15 is 0 Å². The van der Waals surface area contributed by atoms with Crippen molar-refractivity contribution in [2.45, 2.75) is 32.2 Å². The Labute approximate surface area is 185 Å². The first kappa shape index (κ1) is 21.0. The number of ketones is 1. The number of methoxy groups -OCH3 is 1. The van der Waals surface area contributed by atoms with Crippen LogP contribution in [-0.2, 0) is 6.42 Å². The molecule has 31 heavy (non-hydrogen) atoms. The number of nitrogens with zero attached hydrogens (tertiary/aromatic N) is 1. The molecule has 0 radical (unpaired) electrons. The highest BCUT2D eigenvalue weighted by molar-refractivity contribution is 7.12. The number of thiophene rings is 1. The highest BCUT2D eigenvalue weighted by atomic mass is 32.1. The van der Waals surface area contributed by atoms with Crippen molar-refractivity contribution in [3.8, 4) is 5.75 Å². The number of carbonyl (C=O) groups is 2. The lowest BCUT2D eigenvalue weighted by Gasteiger charge is -2.29. The van der Waals surface area contributed by atoms with E-state index in [-0.39, 0.29) is 23.7 Å². The lowest BCUT2D eigenvalue weighted by molar-refractivity contribution is 0.0998. The van der Waals surface area contributed by atoms with Gasteiger partial charge in [0.2, 0.25) is 0 Å². The zero-order valence-electron chi connectivity index (χ0n) is 17.8.